The summed E-state index contributed by atoms with van der Waals surface area (Å²) in [5.41, 5.74) is 6.22. The van der Waals surface area contributed by atoms with Crippen LogP contribution < -0.4 is 11.1 Å². The third-order valence-corrected chi connectivity index (χ3v) is 5.60. The molecule has 0 atom stereocenters. The first-order valence-electron chi connectivity index (χ1n) is 8.01. The molecule has 1 saturated heterocycles. The number of ether oxygens (including phenoxy) is 1. The Kier molecular flexibility index (Phi) is 5.47. The number of benzene rings is 1. The first-order valence-corrected chi connectivity index (χ1v) is 9.67. The maximum atomic E-state index is 12.6. The van der Waals surface area contributed by atoms with Gasteiger partial charge in [-0.3, -0.25) is 4.90 Å². The lowest BCUT2D eigenvalue weighted by atomic mass is 10.3. The van der Waals surface area contributed by atoms with E-state index < -0.39 is 9.84 Å². The monoisotopic (exact) mass is 363 g/mol. The average molecular weight is 363 g/mol. The van der Waals surface area contributed by atoms with Gasteiger partial charge in [0, 0.05) is 31.5 Å². The topological polar surface area (TPSA) is 110 Å². The van der Waals surface area contributed by atoms with Crippen LogP contribution in [0.25, 0.3) is 0 Å². The number of sulfone groups is 1. The van der Waals surface area contributed by atoms with Crippen molar-refractivity contribution in [3.63, 3.8) is 0 Å². The largest absolute Gasteiger partial charge is 0.384 e. The number of morpholine rings is 1. The van der Waals surface area contributed by atoms with E-state index in [1.807, 2.05) is 0 Å². The SMILES string of the molecule is Nc1ccnc(Nc2cccc(S(=O)(=O)CCN3CCOCC3)c2)n1. The Hall–Kier alpha value is -2.23. The number of anilines is 3. The lowest BCUT2D eigenvalue weighted by molar-refractivity contribution is 0.0408. The molecule has 1 aliphatic heterocycles. The first kappa shape index (κ1) is 17.6. The smallest absolute Gasteiger partial charge is 0.229 e. The van der Waals surface area contributed by atoms with Gasteiger partial charge in [0.05, 0.1) is 23.9 Å². The lowest BCUT2D eigenvalue weighted by Crippen LogP contribution is -2.39. The van der Waals surface area contributed by atoms with Gasteiger partial charge in [-0.1, -0.05) is 6.07 Å². The minimum atomic E-state index is -3.37. The normalized spacial score (nSPS) is 15.8. The van der Waals surface area contributed by atoms with Gasteiger partial charge < -0.3 is 15.8 Å². The highest BCUT2D eigenvalue weighted by Crippen LogP contribution is 2.19. The van der Waals surface area contributed by atoms with Crippen LogP contribution in [0.15, 0.2) is 41.4 Å². The van der Waals surface area contributed by atoms with Crippen LogP contribution in [0.2, 0.25) is 0 Å². The van der Waals surface area contributed by atoms with Crippen molar-refractivity contribution in [2.75, 3.05) is 49.7 Å². The molecule has 0 aliphatic carbocycles. The second-order valence-corrected chi connectivity index (χ2v) is 7.84. The predicted octanol–water partition coefficient (Wildman–Crippen LogP) is 0.908. The van der Waals surface area contributed by atoms with Crippen LogP contribution in [-0.4, -0.2) is 61.9 Å². The molecule has 25 heavy (non-hydrogen) atoms. The van der Waals surface area contributed by atoms with Crippen LogP contribution in [0.1, 0.15) is 0 Å². The van der Waals surface area contributed by atoms with E-state index >= 15 is 0 Å². The van der Waals surface area contributed by atoms with E-state index in [2.05, 4.69) is 20.2 Å². The molecular formula is C16H21N5O3S. The zero-order chi connectivity index (χ0) is 17.7. The Labute approximate surface area is 147 Å². The molecule has 1 fully saturated rings. The lowest BCUT2D eigenvalue weighted by Gasteiger charge is -2.26. The van der Waals surface area contributed by atoms with Crippen LogP contribution in [-0.2, 0) is 14.6 Å². The highest BCUT2D eigenvalue weighted by Gasteiger charge is 2.18. The zero-order valence-corrected chi connectivity index (χ0v) is 14.6. The van der Waals surface area contributed by atoms with Gasteiger partial charge in [-0.05, 0) is 24.3 Å². The van der Waals surface area contributed by atoms with Gasteiger partial charge >= 0.3 is 0 Å². The van der Waals surface area contributed by atoms with Gasteiger partial charge in [-0.2, -0.15) is 4.98 Å². The van der Waals surface area contributed by atoms with Gasteiger partial charge in [-0.25, -0.2) is 13.4 Å². The van der Waals surface area contributed by atoms with Crippen LogP contribution in [0.5, 0.6) is 0 Å². The average Bonchev–Trinajstić information content (AvgIpc) is 2.61. The molecule has 3 N–H and O–H groups in total. The van der Waals surface area contributed by atoms with E-state index in [4.69, 9.17) is 10.5 Å². The molecule has 9 heteroatoms. The number of hydrogen-bond acceptors (Lipinski definition) is 8. The summed E-state index contributed by atoms with van der Waals surface area (Å²) < 4.78 is 30.5. The number of nitrogens with two attached hydrogens (primary N) is 1. The number of nitrogen functional groups attached to an aromatic ring is 1. The Morgan fingerprint density at radius 3 is 2.80 bits per heavy atom. The molecule has 3 rings (SSSR count). The maximum Gasteiger partial charge on any atom is 0.229 e. The van der Waals surface area contributed by atoms with Gasteiger partial charge in [0.1, 0.15) is 5.82 Å². The molecule has 8 nitrogen and oxygen atoms in total. The van der Waals surface area contributed by atoms with Crippen LogP contribution >= 0.6 is 0 Å². The maximum absolute atomic E-state index is 12.6. The van der Waals surface area contributed by atoms with Gasteiger partial charge in [0.25, 0.3) is 0 Å². The van der Waals surface area contributed by atoms with E-state index in [1.54, 1.807) is 30.3 Å². The quantitative estimate of drug-likeness (QED) is 0.779. The minimum Gasteiger partial charge on any atom is -0.384 e. The molecule has 0 amide bonds. The number of nitrogens with one attached hydrogen (secondary N) is 1. The zero-order valence-electron chi connectivity index (χ0n) is 13.8. The van der Waals surface area contributed by atoms with E-state index in [9.17, 15) is 8.42 Å². The van der Waals surface area contributed by atoms with E-state index in [0.717, 1.165) is 13.1 Å². The first-order chi connectivity index (χ1) is 12.0. The summed E-state index contributed by atoms with van der Waals surface area (Å²) in [5, 5.41) is 2.97. The van der Waals surface area contributed by atoms with Crippen molar-refractivity contribution < 1.29 is 13.2 Å². The summed E-state index contributed by atoms with van der Waals surface area (Å²) in [7, 11) is -3.37. The van der Waals surface area contributed by atoms with Crippen molar-refractivity contribution in [2.45, 2.75) is 4.90 Å². The predicted molar refractivity (Wildman–Crippen MR) is 95.5 cm³/mol. The van der Waals surface area contributed by atoms with Gasteiger partial charge in [0.2, 0.25) is 5.95 Å². The highest BCUT2D eigenvalue weighted by atomic mass is 32.2. The molecule has 134 valence electrons. The summed E-state index contributed by atoms with van der Waals surface area (Å²) in [6, 6.07) is 8.21. The van der Waals surface area contributed by atoms with Crippen molar-refractivity contribution in [3.05, 3.63) is 36.5 Å². The van der Waals surface area contributed by atoms with Gasteiger partial charge in [0.15, 0.2) is 9.84 Å². The van der Waals surface area contributed by atoms with Crippen molar-refractivity contribution in [1.29, 1.82) is 0 Å². The van der Waals surface area contributed by atoms with Crippen molar-refractivity contribution in [2.24, 2.45) is 0 Å². The van der Waals surface area contributed by atoms with E-state index in [1.165, 1.54) is 6.20 Å². The second kappa shape index (κ2) is 7.77. The Balaban J connectivity index is 1.68. The summed E-state index contributed by atoms with van der Waals surface area (Å²) in [5.74, 6) is 0.736. The van der Waals surface area contributed by atoms with Crippen LogP contribution in [0.4, 0.5) is 17.5 Å². The fourth-order valence-electron chi connectivity index (χ4n) is 2.52. The minimum absolute atomic E-state index is 0.0746. The fourth-order valence-corrected chi connectivity index (χ4v) is 3.85. The van der Waals surface area contributed by atoms with Gasteiger partial charge in [-0.15, -0.1) is 0 Å². The van der Waals surface area contributed by atoms with Crippen LogP contribution in [0, 0.1) is 0 Å². The number of nitrogens with zero attached hydrogens (tertiary/aromatic N) is 3. The molecule has 0 radical (unpaired) electrons. The molecule has 1 aliphatic rings. The Bertz CT molecular complexity index is 822. The molecule has 2 heterocycles. The van der Waals surface area contributed by atoms with Crippen molar-refractivity contribution in [3.8, 4) is 0 Å². The summed E-state index contributed by atoms with van der Waals surface area (Å²) in [6.07, 6.45) is 1.54. The molecule has 1 aromatic heterocycles. The van der Waals surface area contributed by atoms with E-state index in [0.29, 0.717) is 37.2 Å². The highest BCUT2D eigenvalue weighted by molar-refractivity contribution is 7.91. The fraction of sp³-hybridized carbons (Fsp3) is 0.375. The second-order valence-electron chi connectivity index (χ2n) is 5.73. The number of hydrogen-bond donors (Lipinski definition) is 2. The molecule has 0 spiro atoms. The molecular weight excluding hydrogens is 342 g/mol. The Morgan fingerprint density at radius 2 is 2.04 bits per heavy atom. The standard InChI is InChI=1S/C16H21N5O3S/c17-15-4-5-18-16(20-15)19-13-2-1-3-14(12-13)25(22,23)11-8-21-6-9-24-10-7-21/h1-5,12H,6-11H2,(H3,17,18,19,20). The molecule has 0 bridgehead atoms. The molecule has 2 aromatic rings. The summed E-state index contributed by atoms with van der Waals surface area (Å²) in [4.78, 5) is 10.5. The Morgan fingerprint density at radius 1 is 1.24 bits per heavy atom. The third-order valence-electron chi connectivity index (χ3n) is 3.91. The molecule has 1 aromatic carbocycles. The summed E-state index contributed by atoms with van der Waals surface area (Å²) >= 11 is 0. The van der Waals surface area contributed by atoms with Crippen molar-refractivity contribution >= 4 is 27.3 Å². The van der Waals surface area contributed by atoms with Crippen molar-refractivity contribution in [1.82, 2.24) is 14.9 Å². The van der Waals surface area contributed by atoms with Crippen LogP contribution in [0.3, 0.4) is 0 Å². The summed E-state index contributed by atoms with van der Waals surface area (Å²) in [6.45, 7) is 3.34. The third kappa shape index (κ3) is 4.88. The molecule has 0 unspecified atom stereocenters. The molecule has 0 saturated carbocycles. The van der Waals surface area contributed by atoms with E-state index in [-0.39, 0.29) is 10.6 Å². The number of rotatable bonds is 6. The number of aromatic nitrogens is 2.